The number of aliphatic imine (C=N–C) groups is 1. The van der Waals surface area contributed by atoms with Gasteiger partial charge in [0.1, 0.15) is 11.6 Å². The first-order valence-electron chi connectivity index (χ1n) is 8.54. The van der Waals surface area contributed by atoms with E-state index in [1.165, 1.54) is 12.1 Å². The summed E-state index contributed by atoms with van der Waals surface area (Å²) in [6.45, 7) is 2.91. The number of carbonyl (C=O) groups excluding carboxylic acids is 1. The number of oxazole rings is 1. The lowest BCUT2D eigenvalue weighted by molar-refractivity contribution is 0.102. The average Bonchev–Trinajstić information content (AvgIpc) is 3.16. The van der Waals surface area contributed by atoms with Gasteiger partial charge in [0.25, 0.3) is 5.91 Å². The van der Waals surface area contributed by atoms with Crippen LogP contribution in [0, 0.1) is 19.7 Å². The Bertz CT molecular complexity index is 995. The molecule has 1 aromatic heterocycles. The molecule has 4 rings (SSSR count). The predicted octanol–water partition coefficient (Wildman–Crippen LogP) is 2.68. The van der Waals surface area contributed by atoms with Crippen molar-refractivity contribution in [2.24, 2.45) is 10.7 Å². The van der Waals surface area contributed by atoms with E-state index in [0.717, 1.165) is 17.8 Å². The molecule has 2 atom stereocenters. The molecule has 0 spiro atoms. The van der Waals surface area contributed by atoms with Gasteiger partial charge >= 0.3 is 0 Å². The van der Waals surface area contributed by atoms with Gasteiger partial charge in [0.15, 0.2) is 28.0 Å². The lowest BCUT2D eigenvalue weighted by Crippen LogP contribution is -2.52. The van der Waals surface area contributed by atoms with Gasteiger partial charge in [0.2, 0.25) is 0 Å². The molecule has 10 heteroatoms. The van der Waals surface area contributed by atoms with Crippen LogP contribution in [0.4, 0.5) is 14.5 Å². The number of aryl methyl sites for hydroxylation is 2. The number of carbonyl (C=O) groups is 1. The minimum Gasteiger partial charge on any atom is -0.445 e. The quantitative estimate of drug-likeness (QED) is 0.810. The maximum Gasteiger partial charge on any atom is 0.277 e. The number of hydrogen-bond acceptors (Lipinski definition) is 7. The number of aromatic nitrogens is 1. The standard InChI is InChI=1S/C18H18F2N4O3S/c1-9-14(22-10(2)27-9)15(25)23-11-3-4-13(19)12(5-11)18-7-26-6-17(18,20)8-28-16(21)24-18/h3-5H,6-8H2,1-2H3,(H2,21,24)(H,23,25). The normalized spacial score (nSPS) is 26.6. The number of nitrogens with one attached hydrogen (secondary N) is 1. The molecule has 1 saturated heterocycles. The molecule has 2 aromatic rings. The van der Waals surface area contributed by atoms with E-state index in [1.807, 2.05) is 0 Å². The van der Waals surface area contributed by atoms with E-state index in [9.17, 15) is 9.18 Å². The third kappa shape index (κ3) is 2.87. The second-order valence-corrected chi connectivity index (χ2v) is 7.84. The minimum absolute atomic E-state index is 0.00969. The van der Waals surface area contributed by atoms with Crippen LogP contribution < -0.4 is 11.1 Å². The Hall–Kier alpha value is -2.46. The Kier molecular flexibility index (Phi) is 4.42. The number of thioether (sulfide) groups is 1. The number of benzene rings is 1. The summed E-state index contributed by atoms with van der Waals surface area (Å²) >= 11 is 1.07. The summed E-state index contributed by atoms with van der Waals surface area (Å²) in [6.07, 6.45) is 0. The maximum atomic E-state index is 15.6. The highest BCUT2D eigenvalue weighted by molar-refractivity contribution is 8.13. The molecule has 28 heavy (non-hydrogen) atoms. The Morgan fingerprint density at radius 2 is 2.14 bits per heavy atom. The molecule has 1 amide bonds. The van der Waals surface area contributed by atoms with Crippen molar-refractivity contribution >= 4 is 28.5 Å². The van der Waals surface area contributed by atoms with Gasteiger partial charge in [-0.1, -0.05) is 11.8 Å². The van der Waals surface area contributed by atoms with Crippen molar-refractivity contribution in [2.45, 2.75) is 25.1 Å². The fourth-order valence-corrected chi connectivity index (χ4v) is 4.46. The first kappa shape index (κ1) is 18.9. The molecule has 2 aliphatic heterocycles. The van der Waals surface area contributed by atoms with Gasteiger partial charge in [-0.2, -0.15) is 0 Å². The lowest BCUT2D eigenvalue weighted by atomic mass is 9.79. The number of hydrogen-bond donors (Lipinski definition) is 2. The molecule has 2 aliphatic rings. The van der Waals surface area contributed by atoms with Gasteiger partial charge < -0.3 is 20.2 Å². The van der Waals surface area contributed by atoms with Crippen LogP contribution in [0.3, 0.4) is 0 Å². The topological polar surface area (TPSA) is 103 Å². The monoisotopic (exact) mass is 408 g/mol. The Morgan fingerprint density at radius 3 is 2.86 bits per heavy atom. The molecule has 3 N–H and O–H groups in total. The Morgan fingerprint density at radius 1 is 1.36 bits per heavy atom. The van der Waals surface area contributed by atoms with E-state index in [0.29, 0.717) is 11.7 Å². The molecule has 1 aromatic carbocycles. The molecule has 0 saturated carbocycles. The van der Waals surface area contributed by atoms with E-state index in [2.05, 4.69) is 15.3 Å². The van der Waals surface area contributed by atoms with Crippen molar-refractivity contribution in [1.82, 2.24) is 4.98 Å². The first-order chi connectivity index (χ1) is 13.2. The van der Waals surface area contributed by atoms with E-state index >= 15 is 4.39 Å². The highest BCUT2D eigenvalue weighted by Gasteiger charge is 2.61. The van der Waals surface area contributed by atoms with E-state index in [4.69, 9.17) is 14.9 Å². The van der Waals surface area contributed by atoms with Gasteiger partial charge in [0.05, 0.1) is 13.2 Å². The fourth-order valence-electron chi connectivity index (χ4n) is 3.54. The van der Waals surface area contributed by atoms with Crippen LogP contribution in [0.1, 0.15) is 27.7 Å². The third-order valence-corrected chi connectivity index (χ3v) is 5.91. The van der Waals surface area contributed by atoms with Crippen molar-refractivity contribution in [3.63, 3.8) is 0 Å². The number of amidine groups is 1. The summed E-state index contributed by atoms with van der Waals surface area (Å²) in [5, 5.41) is 2.81. The number of fused-ring (bicyclic) bond motifs is 1. The molecule has 1 fully saturated rings. The molecule has 3 heterocycles. The van der Waals surface area contributed by atoms with Crippen LogP contribution >= 0.6 is 11.8 Å². The van der Waals surface area contributed by atoms with Crippen LogP contribution in [0.2, 0.25) is 0 Å². The van der Waals surface area contributed by atoms with Gasteiger partial charge in [0, 0.05) is 23.9 Å². The number of rotatable bonds is 3. The molecule has 0 aliphatic carbocycles. The molecule has 7 nitrogen and oxygen atoms in total. The van der Waals surface area contributed by atoms with Crippen molar-refractivity contribution in [3.8, 4) is 0 Å². The van der Waals surface area contributed by atoms with Crippen molar-refractivity contribution in [1.29, 1.82) is 0 Å². The molecular weight excluding hydrogens is 390 g/mol. The number of nitrogens with two attached hydrogens (primary N) is 1. The number of alkyl halides is 1. The summed E-state index contributed by atoms with van der Waals surface area (Å²) in [6, 6.07) is 3.91. The second-order valence-electron chi connectivity index (χ2n) is 6.84. The lowest BCUT2D eigenvalue weighted by Gasteiger charge is -2.38. The van der Waals surface area contributed by atoms with Crippen LogP contribution in [-0.4, -0.2) is 40.7 Å². The fraction of sp³-hybridized carbons (Fsp3) is 0.389. The summed E-state index contributed by atoms with van der Waals surface area (Å²) in [5.74, 6) is -0.431. The average molecular weight is 408 g/mol. The van der Waals surface area contributed by atoms with Gasteiger partial charge in [-0.15, -0.1) is 0 Å². The second kappa shape index (κ2) is 6.56. The molecular formula is C18H18F2N4O3S. The third-order valence-electron chi connectivity index (χ3n) is 4.92. The van der Waals surface area contributed by atoms with Crippen LogP contribution in [0.5, 0.6) is 0 Å². The van der Waals surface area contributed by atoms with E-state index in [1.54, 1.807) is 13.8 Å². The number of anilines is 1. The maximum absolute atomic E-state index is 15.6. The molecule has 148 valence electrons. The summed E-state index contributed by atoms with van der Waals surface area (Å²) in [4.78, 5) is 20.8. The SMILES string of the molecule is Cc1nc(C(=O)Nc2ccc(F)c(C34COCC3(F)CSC(N)=N4)c2)c(C)o1. The summed E-state index contributed by atoms with van der Waals surface area (Å²) in [7, 11) is 0. The Balaban J connectivity index is 1.73. The van der Waals surface area contributed by atoms with Crippen LogP contribution in [0.15, 0.2) is 27.6 Å². The highest BCUT2D eigenvalue weighted by Crippen LogP contribution is 2.50. The van der Waals surface area contributed by atoms with Crippen molar-refractivity contribution in [2.75, 3.05) is 24.3 Å². The predicted molar refractivity (Wildman–Crippen MR) is 101 cm³/mol. The smallest absolute Gasteiger partial charge is 0.277 e. The van der Waals surface area contributed by atoms with E-state index < -0.39 is 22.9 Å². The Labute approximate surface area is 163 Å². The summed E-state index contributed by atoms with van der Waals surface area (Å²) < 4.78 is 40.9. The molecule has 2 unspecified atom stereocenters. The molecule has 0 bridgehead atoms. The summed E-state index contributed by atoms with van der Waals surface area (Å²) in [5.41, 5.74) is 2.72. The highest BCUT2D eigenvalue weighted by atomic mass is 32.2. The zero-order chi connectivity index (χ0) is 20.1. The van der Waals surface area contributed by atoms with Gasteiger partial charge in [-0.3, -0.25) is 4.79 Å². The zero-order valence-electron chi connectivity index (χ0n) is 15.2. The number of nitrogens with zero attached hydrogens (tertiary/aromatic N) is 2. The van der Waals surface area contributed by atoms with Gasteiger partial charge in [-0.25, -0.2) is 18.8 Å². The van der Waals surface area contributed by atoms with E-state index in [-0.39, 0.29) is 41.1 Å². The van der Waals surface area contributed by atoms with Crippen LogP contribution in [0.25, 0.3) is 0 Å². The largest absolute Gasteiger partial charge is 0.445 e. The van der Waals surface area contributed by atoms with Crippen molar-refractivity contribution in [3.05, 3.63) is 46.9 Å². The zero-order valence-corrected chi connectivity index (χ0v) is 16.0. The number of amides is 1. The van der Waals surface area contributed by atoms with Crippen molar-refractivity contribution < 1.29 is 22.7 Å². The first-order valence-corrected chi connectivity index (χ1v) is 9.53. The number of halogens is 2. The molecule has 0 radical (unpaired) electrons. The minimum atomic E-state index is -1.90. The van der Waals surface area contributed by atoms with Gasteiger partial charge in [-0.05, 0) is 25.1 Å². The number of ether oxygens (including phenoxy) is 1. The van der Waals surface area contributed by atoms with Crippen LogP contribution in [-0.2, 0) is 10.3 Å².